The van der Waals surface area contributed by atoms with Crippen molar-refractivity contribution in [1.82, 2.24) is 10.3 Å². The zero-order valence-electron chi connectivity index (χ0n) is 20.8. The van der Waals surface area contributed by atoms with Gasteiger partial charge in [0.2, 0.25) is 5.91 Å². The Morgan fingerprint density at radius 1 is 1.12 bits per heavy atom. The number of rotatable bonds is 14. The van der Waals surface area contributed by atoms with Crippen LogP contribution >= 0.6 is 0 Å². The topological polar surface area (TPSA) is 51.2 Å². The van der Waals surface area contributed by atoms with Crippen molar-refractivity contribution in [3.63, 3.8) is 0 Å². The monoisotopic (exact) mass is 448 g/mol. The second kappa shape index (κ2) is 15.0. The molecule has 1 heterocycles. The quantitative estimate of drug-likeness (QED) is 0.194. The molecule has 4 heteroatoms. The van der Waals surface area contributed by atoms with Gasteiger partial charge in [-0.05, 0) is 86.4 Å². The molecule has 0 saturated carbocycles. The molecule has 33 heavy (non-hydrogen) atoms. The number of carbonyl (C=O) groups is 1. The molecule has 0 aliphatic heterocycles. The number of methoxy groups -OCH3 is 1. The van der Waals surface area contributed by atoms with E-state index in [1.807, 2.05) is 30.5 Å². The molecule has 2 rings (SSSR count). The number of carbonyl (C=O) groups excluding carboxylic acids is 1. The minimum absolute atomic E-state index is 0.0424. The molecule has 1 aromatic heterocycles. The average molecular weight is 449 g/mol. The highest BCUT2D eigenvalue weighted by atomic mass is 16.5. The highest BCUT2D eigenvalue weighted by Gasteiger charge is 2.08. The molecule has 0 radical (unpaired) electrons. The van der Waals surface area contributed by atoms with Gasteiger partial charge in [-0.2, -0.15) is 0 Å². The van der Waals surface area contributed by atoms with E-state index in [-0.39, 0.29) is 11.9 Å². The highest BCUT2D eigenvalue weighted by Crippen LogP contribution is 2.28. The van der Waals surface area contributed by atoms with Crippen molar-refractivity contribution in [1.29, 1.82) is 0 Å². The number of nitrogens with zero attached hydrogens (tertiary/aromatic N) is 1. The number of amides is 1. The molecular formula is C29H40N2O2. The summed E-state index contributed by atoms with van der Waals surface area (Å²) in [7, 11) is 1.69. The van der Waals surface area contributed by atoms with Gasteiger partial charge in [0, 0.05) is 24.5 Å². The van der Waals surface area contributed by atoms with Gasteiger partial charge in [-0.25, -0.2) is 0 Å². The molecule has 2 aromatic rings. The largest absolute Gasteiger partial charge is 0.497 e. The van der Waals surface area contributed by atoms with Crippen LogP contribution in [0.1, 0.15) is 76.8 Å². The maximum absolute atomic E-state index is 12.5. The number of pyridine rings is 1. The molecule has 0 bridgehead atoms. The third-order valence-electron chi connectivity index (χ3n) is 5.87. The second-order valence-corrected chi connectivity index (χ2v) is 8.70. The van der Waals surface area contributed by atoms with Crippen molar-refractivity contribution in [2.24, 2.45) is 0 Å². The number of allylic oxidation sites excluding steroid dienone is 3. The lowest BCUT2D eigenvalue weighted by atomic mass is 9.94. The van der Waals surface area contributed by atoms with Crippen molar-refractivity contribution >= 4 is 11.5 Å². The van der Waals surface area contributed by atoms with Crippen molar-refractivity contribution in [2.75, 3.05) is 7.11 Å². The van der Waals surface area contributed by atoms with Gasteiger partial charge in [-0.3, -0.25) is 9.78 Å². The molecule has 4 nitrogen and oxygen atoms in total. The number of hydrogen-bond acceptors (Lipinski definition) is 3. The smallest absolute Gasteiger partial charge is 0.244 e. The van der Waals surface area contributed by atoms with E-state index in [0.717, 1.165) is 49.0 Å². The number of hydrogen-bond donors (Lipinski definition) is 1. The molecular weight excluding hydrogens is 408 g/mol. The van der Waals surface area contributed by atoms with Gasteiger partial charge in [-0.1, -0.05) is 50.5 Å². The summed E-state index contributed by atoms with van der Waals surface area (Å²) in [5.74, 6) is 0.812. The Hall–Kier alpha value is -2.88. The van der Waals surface area contributed by atoms with Gasteiger partial charge in [0.1, 0.15) is 5.75 Å². The van der Waals surface area contributed by atoms with Crippen LogP contribution in [0.5, 0.6) is 5.75 Å². The summed E-state index contributed by atoms with van der Waals surface area (Å²) in [6, 6.07) is 12.4. The summed E-state index contributed by atoms with van der Waals surface area (Å²) in [5.41, 5.74) is 4.80. The van der Waals surface area contributed by atoms with Gasteiger partial charge in [0.15, 0.2) is 0 Å². The molecule has 1 amide bonds. The summed E-state index contributed by atoms with van der Waals surface area (Å²) in [6.45, 7) is 6.38. The van der Waals surface area contributed by atoms with Crippen LogP contribution in [0, 0.1) is 0 Å². The molecule has 178 valence electrons. The van der Waals surface area contributed by atoms with Gasteiger partial charge >= 0.3 is 0 Å². The van der Waals surface area contributed by atoms with Crippen molar-refractivity contribution in [3.8, 4) is 5.75 Å². The van der Waals surface area contributed by atoms with Crippen LogP contribution in [0.4, 0.5) is 0 Å². The molecule has 1 aromatic carbocycles. The minimum Gasteiger partial charge on any atom is -0.497 e. The predicted octanol–water partition coefficient (Wildman–Crippen LogP) is 6.92. The highest BCUT2D eigenvalue weighted by molar-refractivity contribution is 5.88. The van der Waals surface area contributed by atoms with Crippen LogP contribution in [0.15, 0.2) is 66.5 Å². The predicted molar refractivity (Wildman–Crippen MR) is 138 cm³/mol. The van der Waals surface area contributed by atoms with E-state index < -0.39 is 0 Å². The van der Waals surface area contributed by atoms with Crippen LogP contribution in [0.3, 0.4) is 0 Å². The molecule has 1 N–H and O–H groups in total. The number of nitrogens with one attached hydrogen (secondary N) is 1. The molecule has 0 spiro atoms. The molecule has 0 unspecified atom stereocenters. The summed E-state index contributed by atoms with van der Waals surface area (Å²) >= 11 is 0. The standard InChI is InChI=1S/C29H40N2O2/c1-5-6-7-8-17-28(26-15-10-16-27(21-26)33-4)23(2)18-19-29(32)31-24(3)12-9-13-25-14-11-20-30-22-25/h10-11,14-16,18-22,24H,5-9,12-13,17H2,1-4H3,(H,31,32)/t24-/m1/s1. The number of aryl methyl sites for hydroxylation is 1. The Balaban J connectivity index is 1.97. The lowest BCUT2D eigenvalue weighted by Gasteiger charge is -2.13. The Labute approximate surface area is 200 Å². The Morgan fingerprint density at radius 2 is 1.97 bits per heavy atom. The van der Waals surface area contributed by atoms with E-state index in [0.29, 0.717) is 0 Å². The lowest BCUT2D eigenvalue weighted by Crippen LogP contribution is -2.31. The van der Waals surface area contributed by atoms with Crippen LogP contribution in [-0.4, -0.2) is 24.0 Å². The van der Waals surface area contributed by atoms with E-state index in [2.05, 4.69) is 49.3 Å². The molecule has 1 atom stereocenters. The fourth-order valence-corrected chi connectivity index (χ4v) is 3.93. The maximum Gasteiger partial charge on any atom is 0.244 e. The first-order valence-corrected chi connectivity index (χ1v) is 12.2. The first-order valence-electron chi connectivity index (χ1n) is 12.2. The fourth-order valence-electron chi connectivity index (χ4n) is 3.93. The number of benzene rings is 1. The molecule has 0 aliphatic carbocycles. The molecule has 0 aliphatic rings. The Bertz CT molecular complexity index is 903. The Morgan fingerprint density at radius 3 is 2.70 bits per heavy atom. The maximum atomic E-state index is 12.5. The zero-order valence-corrected chi connectivity index (χ0v) is 20.8. The first-order chi connectivity index (χ1) is 16.0. The Kier molecular flexibility index (Phi) is 12.0. The number of ether oxygens (including phenoxy) is 1. The third-order valence-corrected chi connectivity index (χ3v) is 5.87. The van der Waals surface area contributed by atoms with Crippen molar-refractivity contribution < 1.29 is 9.53 Å². The summed E-state index contributed by atoms with van der Waals surface area (Å²) in [6.07, 6.45) is 16.1. The first kappa shape index (κ1) is 26.4. The van der Waals surface area contributed by atoms with Crippen LogP contribution in [0.25, 0.3) is 5.57 Å². The minimum atomic E-state index is -0.0424. The van der Waals surface area contributed by atoms with Gasteiger partial charge in [0.25, 0.3) is 0 Å². The lowest BCUT2D eigenvalue weighted by molar-refractivity contribution is -0.117. The van der Waals surface area contributed by atoms with Crippen LogP contribution in [0.2, 0.25) is 0 Å². The fraction of sp³-hybridized carbons (Fsp3) is 0.448. The van der Waals surface area contributed by atoms with Crippen LogP contribution in [-0.2, 0) is 11.2 Å². The normalized spacial score (nSPS) is 13.0. The van der Waals surface area contributed by atoms with E-state index >= 15 is 0 Å². The van der Waals surface area contributed by atoms with Gasteiger partial charge < -0.3 is 10.1 Å². The van der Waals surface area contributed by atoms with E-state index in [1.54, 1.807) is 19.4 Å². The van der Waals surface area contributed by atoms with Crippen molar-refractivity contribution in [2.45, 2.75) is 78.2 Å². The van der Waals surface area contributed by atoms with Gasteiger partial charge in [0.05, 0.1) is 7.11 Å². The second-order valence-electron chi connectivity index (χ2n) is 8.70. The summed E-state index contributed by atoms with van der Waals surface area (Å²) < 4.78 is 5.42. The molecule has 0 fully saturated rings. The van der Waals surface area contributed by atoms with E-state index in [4.69, 9.17) is 4.74 Å². The van der Waals surface area contributed by atoms with Crippen molar-refractivity contribution in [3.05, 3.63) is 77.6 Å². The SMILES string of the molecule is CCCCCCC(=C(C)C=CC(=O)N[C@H](C)CCCc1cccnc1)c1cccc(OC)c1. The average Bonchev–Trinajstić information content (AvgIpc) is 2.83. The molecule has 0 saturated heterocycles. The third kappa shape index (κ3) is 10.1. The zero-order chi connectivity index (χ0) is 23.9. The summed E-state index contributed by atoms with van der Waals surface area (Å²) in [4.78, 5) is 16.7. The van der Waals surface area contributed by atoms with Gasteiger partial charge in [-0.15, -0.1) is 0 Å². The van der Waals surface area contributed by atoms with E-state index in [9.17, 15) is 4.79 Å². The number of unbranched alkanes of at least 4 members (excludes halogenated alkanes) is 3. The van der Waals surface area contributed by atoms with E-state index in [1.165, 1.54) is 30.4 Å². The van der Waals surface area contributed by atoms with Crippen LogP contribution < -0.4 is 10.1 Å². The summed E-state index contributed by atoms with van der Waals surface area (Å²) in [5, 5.41) is 3.09. The number of aromatic nitrogens is 1.